The number of aryl methyl sites for hydroxylation is 2. The lowest BCUT2D eigenvalue weighted by Crippen LogP contribution is -2.29. The van der Waals surface area contributed by atoms with Crippen LogP contribution in [-0.2, 0) is 17.8 Å². The van der Waals surface area contributed by atoms with Gasteiger partial charge in [-0.2, -0.15) is 0 Å². The number of benzene rings is 2. The summed E-state index contributed by atoms with van der Waals surface area (Å²) in [6.45, 7) is 6.00. The number of carbonyl (C=O) groups is 1. The number of carbonyl (C=O) groups excluding carboxylic acids is 1. The van der Waals surface area contributed by atoms with E-state index in [1.807, 2.05) is 57.2 Å². The molecule has 5 nitrogen and oxygen atoms in total. The van der Waals surface area contributed by atoms with E-state index in [0.29, 0.717) is 5.56 Å². The van der Waals surface area contributed by atoms with Crippen molar-refractivity contribution in [2.24, 2.45) is 0 Å². The molecule has 0 unspecified atom stereocenters. The number of para-hydroxylation sites is 2. The zero-order chi connectivity index (χ0) is 21.3. The average Bonchev–Trinajstić information content (AvgIpc) is 2.99. The molecule has 0 atom stereocenters. The van der Waals surface area contributed by atoms with E-state index in [-0.39, 0.29) is 24.4 Å². The summed E-state index contributed by atoms with van der Waals surface area (Å²) in [6.07, 6.45) is 0.259. The molecular weight excluding hydrogens is 374 g/mol. The van der Waals surface area contributed by atoms with E-state index >= 15 is 0 Å². The van der Waals surface area contributed by atoms with Gasteiger partial charge in [0.2, 0.25) is 5.91 Å². The fraction of sp³-hybridized carbons (Fsp3) is 0.200. The lowest BCUT2D eigenvalue weighted by Gasteiger charge is -2.10. The summed E-state index contributed by atoms with van der Waals surface area (Å²) in [5.41, 5.74) is 6.34. The number of nitrogens with zero attached hydrogens (tertiary/aromatic N) is 1. The average molecular weight is 399 g/mol. The standard InChI is InChI=1S/C25H25N3O2/c1-16-13-17(2)27-25(30)22(16)15-26-24(29)14-21-18(3)28(19-9-5-4-6-10-19)23-12-8-7-11-20(21)23/h4-13H,14-15H2,1-3H3,(H,26,29)(H,27,30). The second-order valence-corrected chi connectivity index (χ2v) is 7.65. The summed E-state index contributed by atoms with van der Waals surface area (Å²) >= 11 is 0. The highest BCUT2D eigenvalue weighted by Crippen LogP contribution is 2.29. The largest absolute Gasteiger partial charge is 0.352 e. The molecular formula is C25H25N3O2. The third-order valence-corrected chi connectivity index (χ3v) is 5.55. The first-order valence-corrected chi connectivity index (χ1v) is 10.1. The Labute approximate surface area is 175 Å². The molecule has 0 aliphatic heterocycles. The first-order valence-electron chi connectivity index (χ1n) is 10.1. The van der Waals surface area contributed by atoms with Gasteiger partial charge in [0, 0.05) is 34.6 Å². The first-order chi connectivity index (χ1) is 14.5. The Morgan fingerprint density at radius 3 is 2.40 bits per heavy atom. The van der Waals surface area contributed by atoms with Gasteiger partial charge in [0.05, 0.1) is 11.9 Å². The minimum atomic E-state index is -0.148. The lowest BCUT2D eigenvalue weighted by molar-refractivity contribution is -0.120. The Balaban J connectivity index is 1.62. The van der Waals surface area contributed by atoms with E-state index in [1.165, 1.54) is 0 Å². The van der Waals surface area contributed by atoms with E-state index < -0.39 is 0 Å². The number of amides is 1. The van der Waals surface area contributed by atoms with Crippen molar-refractivity contribution < 1.29 is 4.79 Å². The second-order valence-electron chi connectivity index (χ2n) is 7.65. The highest BCUT2D eigenvalue weighted by Gasteiger charge is 2.17. The summed E-state index contributed by atoms with van der Waals surface area (Å²) in [4.78, 5) is 27.8. The lowest BCUT2D eigenvalue weighted by atomic mass is 10.1. The number of aromatic nitrogens is 2. The molecule has 0 aliphatic carbocycles. The molecule has 0 spiro atoms. The summed E-state index contributed by atoms with van der Waals surface area (Å²) in [5.74, 6) is -0.103. The molecule has 0 bridgehead atoms. The van der Waals surface area contributed by atoms with Crippen LogP contribution in [0.5, 0.6) is 0 Å². The molecule has 152 valence electrons. The van der Waals surface area contributed by atoms with Gasteiger partial charge in [-0.15, -0.1) is 0 Å². The molecule has 0 saturated heterocycles. The van der Waals surface area contributed by atoms with Crippen LogP contribution in [0.25, 0.3) is 16.6 Å². The third-order valence-electron chi connectivity index (χ3n) is 5.55. The minimum absolute atomic E-state index is 0.103. The third kappa shape index (κ3) is 3.66. The van der Waals surface area contributed by atoms with Crippen LogP contribution in [0.15, 0.2) is 65.5 Å². The van der Waals surface area contributed by atoms with Crippen LogP contribution >= 0.6 is 0 Å². The molecule has 4 rings (SSSR count). The molecule has 2 aromatic heterocycles. The van der Waals surface area contributed by atoms with Crippen LogP contribution in [-0.4, -0.2) is 15.5 Å². The highest BCUT2D eigenvalue weighted by atomic mass is 16.1. The van der Waals surface area contributed by atoms with Crippen molar-refractivity contribution in [1.29, 1.82) is 0 Å². The van der Waals surface area contributed by atoms with Crippen LogP contribution < -0.4 is 10.9 Å². The predicted molar refractivity (Wildman–Crippen MR) is 120 cm³/mol. The van der Waals surface area contributed by atoms with Gasteiger partial charge < -0.3 is 14.9 Å². The summed E-state index contributed by atoms with van der Waals surface area (Å²) in [6, 6.07) is 20.2. The minimum Gasteiger partial charge on any atom is -0.352 e. The van der Waals surface area contributed by atoms with E-state index in [2.05, 4.69) is 39.1 Å². The normalized spacial score (nSPS) is 11.0. The smallest absolute Gasteiger partial charge is 0.253 e. The fourth-order valence-electron chi connectivity index (χ4n) is 4.08. The highest BCUT2D eigenvalue weighted by molar-refractivity contribution is 5.91. The number of H-pyrrole nitrogens is 1. The number of nitrogens with one attached hydrogen (secondary N) is 2. The zero-order valence-corrected chi connectivity index (χ0v) is 17.5. The van der Waals surface area contributed by atoms with Gasteiger partial charge in [-0.3, -0.25) is 9.59 Å². The molecule has 5 heteroatoms. The van der Waals surface area contributed by atoms with E-state index in [0.717, 1.165) is 39.1 Å². The molecule has 0 saturated carbocycles. The predicted octanol–water partition coefficient (Wildman–Crippen LogP) is 4.10. The number of fused-ring (bicyclic) bond motifs is 1. The number of aromatic amines is 1. The molecule has 0 fully saturated rings. The maximum absolute atomic E-state index is 12.8. The molecule has 0 radical (unpaired) electrons. The molecule has 2 aromatic carbocycles. The van der Waals surface area contributed by atoms with Crippen molar-refractivity contribution in [2.45, 2.75) is 33.7 Å². The Morgan fingerprint density at radius 1 is 0.967 bits per heavy atom. The van der Waals surface area contributed by atoms with E-state index in [9.17, 15) is 9.59 Å². The topological polar surface area (TPSA) is 66.9 Å². The van der Waals surface area contributed by atoms with Gasteiger partial charge in [0.15, 0.2) is 0 Å². The van der Waals surface area contributed by atoms with Crippen LogP contribution in [0, 0.1) is 20.8 Å². The fourth-order valence-corrected chi connectivity index (χ4v) is 4.08. The SMILES string of the molecule is Cc1cc(C)c(CNC(=O)Cc2c(C)n(-c3ccccc3)c3ccccc23)c(=O)[nH]1. The number of rotatable bonds is 5. The molecule has 0 aliphatic rings. The Kier molecular flexibility index (Phi) is 5.27. The number of hydrogen-bond acceptors (Lipinski definition) is 2. The van der Waals surface area contributed by atoms with Crippen molar-refractivity contribution in [2.75, 3.05) is 0 Å². The van der Waals surface area contributed by atoms with Crippen molar-refractivity contribution >= 4 is 16.8 Å². The van der Waals surface area contributed by atoms with Crippen molar-refractivity contribution in [3.8, 4) is 5.69 Å². The van der Waals surface area contributed by atoms with E-state index in [1.54, 1.807) is 0 Å². The first kappa shape index (κ1) is 19.7. The van der Waals surface area contributed by atoms with Crippen molar-refractivity contribution in [3.05, 3.63) is 99.1 Å². The van der Waals surface area contributed by atoms with Gasteiger partial charge in [0.1, 0.15) is 0 Å². The summed E-state index contributed by atoms with van der Waals surface area (Å²) in [5, 5.41) is 3.99. The monoisotopic (exact) mass is 399 g/mol. The van der Waals surface area contributed by atoms with Crippen LogP contribution in [0.1, 0.15) is 28.1 Å². The van der Waals surface area contributed by atoms with Crippen LogP contribution in [0.4, 0.5) is 0 Å². The van der Waals surface area contributed by atoms with Gasteiger partial charge in [-0.05, 0) is 56.2 Å². The van der Waals surface area contributed by atoms with Gasteiger partial charge >= 0.3 is 0 Å². The molecule has 2 N–H and O–H groups in total. The van der Waals surface area contributed by atoms with Crippen LogP contribution in [0.3, 0.4) is 0 Å². The van der Waals surface area contributed by atoms with Gasteiger partial charge in [-0.25, -0.2) is 0 Å². The summed E-state index contributed by atoms with van der Waals surface area (Å²) in [7, 11) is 0. The number of hydrogen-bond donors (Lipinski definition) is 2. The van der Waals surface area contributed by atoms with Crippen LogP contribution in [0.2, 0.25) is 0 Å². The van der Waals surface area contributed by atoms with Crippen molar-refractivity contribution in [1.82, 2.24) is 14.9 Å². The second kappa shape index (κ2) is 8.03. The Morgan fingerprint density at radius 2 is 1.67 bits per heavy atom. The Hall–Kier alpha value is -3.60. The molecule has 4 aromatic rings. The van der Waals surface area contributed by atoms with Gasteiger partial charge in [0.25, 0.3) is 5.56 Å². The molecule has 2 heterocycles. The Bertz CT molecular complexity index is 1280. The maximum atomic E-state index is 12.8. The molecule has 30 heavy (non-hydrogen) atoms. The number of pyridine rings is 1. The quantitative estimate of drug-likeness (QED) is 0.531. The zero-order valence-electron chi connectivity index (χ0n) is 17.5. The maximum Gasteiger partial charge on any atom is 0.253 e. The van der Waals surface area contributed by atoms with Crippen molar-refractivity contribution in [3.63, 3.8) is 0 Å². The van der Waals surface area contributed by atoms with E-state index in [4.69, 9.17) is 0 Å². The molecule has 1 amide bonds. The summed E-state index contributed by atoms with van der Waals surface area (Å²) < 4.78 is 2.19. The van der Waals surface area contributed by atoms with Gasteiger partial charge in [-0.1, -0.05) is 36.4 Å².